The monoisotopic (exact) mass is 994 g/mol. The van der Waals surface area contributed by atoms with E-state index in [1.165, 1.54) is 70.6 Å². The van der Waals surface area contributed by atoms with E-state index < -0.39 is 91.3 Å². The summed E-state index contributed by atoms with van der Waals surface area (Å²) in [6, 6.07) is 0. The molecule has 0 aromatic heterocycles. The summed E-state index contributed by atoms with van der Waals surface area (Å²) in [5, 5.41) is 31.8. The number of hydrogen-bond acceptors (Lipinski definition) is 14. The maximum atomic E-state index is 13.1. The molecule has 8 atom stereocenters. The van der Waals surface area contributed by atoms with Crippen LogP contribution in [-0.2, 0) is 50.9 Å². The van der Waals surface area contributed by atoms with Crippen molar-refractivity contribution in [3.63, 3.8) is 0 Å². The first kappa shape index (κ1) is 61.6. The number of ether oxygens (including phenoxy) is 2. The number of aliphatic hydroxyl groups is 3. The Bertz CT molecular complexity index is 1470. The zero-order chi connectivity index (χ0) is 48.6. The number of hydrogen-bond donors (Lipinski definition) is 8. The van der Waals surface area contributed by atoms with Gasteiger partial charge in [-0.2, -0.15) is 0 Å². The molecular weight excluding hydrogens is 913 g/mol. The van der Waals surface area contributed by atoms with E-state index in [1.54, 1.807) is 0 Å². The molecule has 8 N–H and O–H groups in total. The number of aliphatic hydroxyl groups excluding tert-OH is 3. The summed E-state index contributed by atoms with van der Waals surface area (Å²) in [4.78, 5) is 73.1. The third-order valence-electron chi connectivity index (χ3n) is 10.8. The topological polar surface area (TPSA) is 303 Å². The average molecular weight is 995 g/mol. The lowest BCUT2D eigenvalue weighted by molar-refractivity contribution is -0.213. The second-order valence-corrected chi connectivity index (χ2v) is 20.5. The Kier molecular flexibility index (Phi) is 33.9. The molecule has 1 fully saturated rings. The van der Waals surface area contributed by atoms with Crippen LogP contribution in [0.15, 0.2) is 24.3 Å². The van der Waals surface area contributed by atoms with E-state index in [4.69, 9.17) is 18.5 Å². The van der Waals surface area contributed by atoms with E-state index in [2.05, 4.69) is 47.2 Å². The fourth-order valence-electron chi connectivity index (χ4n) is 7.20. The van der Waals surface area contributed by atoms with Crippen LogP contribution in [0.4, 0.5) is 0 Å². The maximum Gasteiger partial charge on any atom is 0.472 e. The molecule has 1 rings (SSSR count). The largest absolute Gasteiger partial charge is 0.472 e. The molecule has 1 aliphatic carbocycles. The number of unbranched alkanes of at least 4 members (excludes halogenated alkanes) is 20. The third kappa shape index (κ3) is 32.1. The van der Waals surface area contributed by atoms with E-state index >= 15 is 0 Å². The normalized spacial score (nSPS) is 22.1. The molecule has 22 heteroatoms. The molecule has 1 aliphatic rings. The Morgan fingerprint density at radius 2 is 0.892 bits per heavy atom. The molecule has 65 heavy (non-hydrogen) atoms. The molecule has 0 bridgehead atoms. The van der Waals surface area contributed by atoms with Crippen molar-refractivity contribution in [3.05, 3.63) is 24.3 Å². The van der Waals surface area contributed by atoms with Gasteiger partial charge in [-0.25, -0.2) is 13.7 Å². The van der Waals surface area contributed by atoms with Crippen LogP contribution in [0.5, 0.6) is 0 Å². The standard InChI is InChI=1S/C43H81O19P3/c1-3-5-7-9-11-13-15-17-18-20-22-24-26-28-30-32-37(45)59-35(33-57-36(44)31-29-27-25-23-21-19-16-14-12-10-8-6-4-2)34-58-65(55,56)62-41-38(46)39(47)42(60-63(49,50)51)43(40(41)48)61-64(52,53)54/h11,13,17-18,35,38-43,46-48H,3-10,12,14-16,19-34H2,1-2H3,(H,55,56)(H2,49,50,51)(H2,52,53,54)/b13-11-,18-17-/t35-,38?,39?,40?,41+,42?,43+/m1/s1. The van der Waals surface area contributed by atoms with E-state index in [0.717, 1.165) is 70.6 Å². The average Bonchev–Trinajstić information content (AvgIpc) is 3.23. The van der Waals surface area contributed by atoms with Gasteiger partial charge in [0.2, 0.25) is 0 Å². The molecule has 0 amide bonds. The zero-order valence-corrected chi connectivity index (χ0v) is 41.2. The molecule has 382 valence electrons. The van der Waals surface area contributed by atoms with Crippen molar-refractivity contribution in [2.24, 2.45) is 0 Å². The van der Waals surface area contributed by atoms with Gasteiger partial charge in [0.1, 0.15) is 43.2 Å². The lowest BCUT2D eigenvalue weighted by Crippen LogP contribution is -2.65. The minimum Gasteiger partial charge on any atom is -0.462 e. The number of phosphoric acid groups is 3. The highest BCUT2D eigenvalue weighted by molar-refractivity contribution is 7.47. The minimum absolute atomic E-state index is 0.0155. The first-order valence-electron chi connectivity index (χ1n) is 23.6. The third-order valence-corrected chi connectivity index (χ3v) is 12.8. The van der Waals surface area contributed by atoms with Crippen molar-refractivity contribution in [3.8, 4) is 0 Å². The molecule has 0 heterocycles. The predicted molar refractivity (Wildman–Crippen MR) is 243 cm³/mol. The lowest BCUT2D eigenvalue weighted by atomic mass is 9.85. The van der Waals surface area contributed by atoms with Crippen LogP contribution >= 0.6 is 23.5 Å². The Balaban J connectivity index is 2.75. The van der Waals surface area contributed by atoms with Crippen LogP contribution in [0.2, 0.25) is 0 Å². The number of carbonyl (C=O) groups is 2. The van der Waals surface area contributed by atoms with Gasteiger partial charge in [0.25, 0.3) is 0 Å². The molecular formula is C43H81O19P3. The minimum atomic E-state index is -5.60. The van der Waals surface area contributed by atoms with E-state index in [-0.39, 0.29) is 12.8 Å². The Labute approximate surface area is 386 Å². The van der Waals surface area contributed by atoms with Crippen LogP contribution in [0.1, 0.15) is 181 Å². The van der Waals surface area contributed by atoms with Gasteiger partial charge in [0.15, 0.2) is 6.10 Å². The Morgan fingerprint density at radius 3 is 1.38 bits per heavy atom. The molecule has 0 saturated heterocycles. The van der Waals surface area contributed by atoms with Crippen LogP contribution in [-0.4, -0.2) is 108 Å². The Hall–Kier alpha value is -1.37. The molecule has 1 saturated carbocycles. The number of rotatable bonds is 40. The summed E-state index contributed by atoms with van der Waals surface area (Å²) in [6.45, 7) is 2.90. The van der Waals surface area contributed by atoms with Crippen molar-refractivity contribution in [2.45, 2.75) is 224 Å². The molecule has 5 unspecified atom stereocenters. The first-order chi connectivity index (χ1) is 30.8. The SMILES string of the molecule is CCCCC/C=C\C/C=C\CCCCCCCC(=O)O[C@H](COC(=O)CCCCCCCCCCCCCCC)COP(=O)(O)O[C@H]1C(O)C(O)C(OP(=O)(O)O)[C@@H](OP(=O)(O)O)C1O. The van der Waals surface area contributed by atoms with Crippen molar-refractivity contribution in [2.75, 3.05) is 13.2 Å². The summed E-state index contributed by atoms with van der Waals surface area (Å²) in [5.74, 6) is -1.31. The van der Waals surface area contributed by atoms with Crippen LogP contribution in [0, 0.1) is 0 Å². The van der Waals surface area contributed by atoms with Gasteiger partial charge >= 0.3 is 35.4 Å². The summed E-state index contributed by atoms with van der Waals surface area (Å²) < 4.78 is 65.4. The fraction of sp³-hybridized carbons (Fsp3) is 0.860. The van der Waals surface area contributed by atoms with Crippen molar-refractivity contribution >= 4 is 35.4 Å². The van der Waals surface area contributed by atoms with Gasteiger partial charge in [0, 0.05) is 12.8 Å². The van der Waals surface area contributed by atoms with Crippen molar-refractivity contribution in [1.29, 1.82) is 0 Å². The highest BCUT2D eigenvalue weighted by Gasteiger charge is 2.56. The second-order valence-electron chi connectivity index (χ2n) is 16.7. The molecule has 0 aliphatic heterocycles. The molecule has 0 aromatic rings. The van der Waals surface area contributed by atoms with E-state index in [1.807, 2.05) is 0 Å². The predicted octanol–water partition coefficient (Wildman–Crippen LogP) is 8.29. The summed E-state index contributed by atoms with van der Waals surface area (Å²) in [7, 11) is -16.6. The lowest BCUT2D eigenvalue weighted by Gasteiger charge is -2.44. The summed E-state index contributed by atoms with van der Waals surface area (Å²) >= 11 is 0. The van der Waals surface area contributed by atoms with E-state index in [0.29, 0.717) is 12.8 Å². The molecule has 0 radical (unpaired) electrons. The molecule has 0 aromatic carbocycles. The van der Waals surface area contributed by atoms with Gasteiger partial charge in [-0.3, -0.25) is 27.7 Å². The van der Waals surface area contributed by atoms with Gasteiger partial charge in [-0.05, 0) is 44.9 Å². The molecule has 19 nitrogen and oxygen atoms in total. The highest BCUT2D eigenvalue weighted by Crippen LogP contribution is 2.51. The van der Waals surface area contributed by atoms with Crippen LogP contribution in [0.25, 0.3) is 0 Å². The Morgan fingerprint density at radius 1 is 0.492 bits per heavy atom. The van der Waals surface area contributed by atoms with E-state index in [9.17, 15) is 63.1 Å². The first-order valence-corrected chi connectivity index (χ1v) is 28.2. The molecule has 0 spiro atoms. The van der Waals surface area contributed by atoms with Crippen LogP contribution in [0.3, 0.4) is 0 Å². The number of allylic oxidation sites excluding steroid dienone is 4. The van der Waals surface area contributed by atoms with Crippen molar-refractivity contribution < 1.29 is 90.6 Å². The van der Waals surface area contributed by atoms with Crippen LogP contribution < -0.4 is 0 Å². The fourth-order valence-corrected chi connectivity index (χ4v) is 9.30. The number of esters is 2. The smallest absolute Gasteiger partial charge is 0.462 e. The summed E-state index contributed by atoms with van der Waals surface area (Å²) in [5.41, 5.74) is 0. The maximum absolute atomic E-state index is 13.1. The van der Waals surface area contributed by atoms with Crippen molar-refractivity contribution in [1.82, 2.24) is 0 Å². The van der Waals surface area contributed by atoms with Gasteiger partial charge < -0.3 is 49.3 Å². The zero-order valence-electron chi connectivity index (χ0n) is 38.6. The quantitative estimate of drug-likeness (QED) is 0.0124. The van der Waals surface area contributed by atoms with Gasteiger partial charge in [0.05, 0.1) is 6.61 Å². The highest BCUT2D eigenvalue weighted by atomic mass is 31.2. The van der Waals surface area contributed by atoms with Gasteiger partial charge in [-0.15, -0.1) is 0 Å². The summed E-state index contributed by atoms with van der Waals surface area (Å²) in [6.07, 6.45) is 17.7. The number of carbonyl (C=O) groups excluding carboxylic acids is 2. The second kappa shape index (κ2) is 35.7. The number of phosphoric ester groups is 3. The van der Waals surface area contributed by atoms with Gasteiger partial charge in [-0.1, -0.05) is 147 Å².